The molecule has 0 aromatic heterocycles. The molecule has 2 nitrogen and oxygen atoms in total. The zero-order valence-electron chi connectivity index (χ0n) is 6.67. The van der Waals surface area contributed by atoms with E-state index in [1.807, 2.05) is 12.2 Å². The molecule has 0 bridgehead atoms. The number of aliphatic hydroxyl groups excluding tert-OH is 1. The molecule has 0 amide bonds. The van der Waals surface area contributed by atoms with Crippen LogP contribution in [0.4, 0.5) is 0 Å². The minimum absolute atomic E-state index is 0.437. The maximum atomic E-state index is 9.28. The summed E-state index contributed by atoms with van der Waals surface area (Å²) in [7, 11) is 0. The van der Waals surface area contributed by atoms with Gasteiger partial charge in [-0.15, -0.1) is 0 Å². The van der Waals surface area contributed by atoms with Crippen LogP contribution in [0.1, 0.15) is 6.92 Å². The van der Waals surface area contributed by atoms with Crippen molar-refractivity contribution in [2.45, 2.75) is 6.92 Å². The number of allylic oxidation sites excluding steroid dienone is 1. The predicted molar refractivity (Wildman–Crippen MR) is 44.3 cm³/mol. The van der Waals surface area contributed by atoms with Crippen LogP contribution in [-0.2, 0) is 0 Å². The Hall–Kier alpha value is -0.760. The molecule has 1 aliphatic heterocycles. The average Bonchev–Trinajstić information content (AvgIpc) is 2.34. The van der Waals surface area contributed by atoms with E-state index in [0.717, 1.165) is 13.1 Å². The zero-order valence-corrected chi connectivity index (χ0v) is 6.67. The second-order valence-electron chi connectivity index (χ2n) is 3.41. The van der Waals surface area contributed by atoms with Crippen LogP contribution < -0.4 is 5.32 Å². The van der Waals surface area contributed by atoms with Gasteiger partial charge in [-0.25, -0.2) is 0 Å². The number of hydrogen-bond acceptors (Lipinski definition) is 2. The van der Waals surface area contributed by atoms with Crippen LogP contribution in [0.15, 0.2) is 23.5 Å². The van der Waals surface area contributed by atoms with E-state index in [1.165, 1.54) is 5.57 Å². The molecule has 0 spiro atoms. The van der Waals surface area contributed by atoms with Gasteiger partial charge in [0.15, 0.2) is 0 Å². The predicted octanol–water partition coefficient (Wildman–Crippen LogP) is 1.22. The minimum Gasteiger partial charge on any atom is -0.508 e. The quantitative estimate of drug-likeness (QED) is 0.545. The molecule has 2 atom stereocenters. The SMILES string of the molecule is CC1=CC(O)=CC2CNCC12. The molecule has 2 N–H and O–H groups in total. The molecule has 0 aromatic rings. The van der Waals surface area contributed by atoms with E-state index in [1.54, 1.807) is 0 Å². The summed E-state index contributed by atoms with van der Waals surface area (Å²) in [6.45, 7) is 4.17. The van der Waals surface area contributed by atoms with Gasteiger partial charge < -0.3 is 10.4 Å². The zero-order chi connectivity index (χ0) is 7.84. The van der Waals surface area contributed by atoms with E-state index in [2.05, 4.69) is 12.2 Å². The van der Waals surface area contributed by atoms with Gasteiger partial charge in [0.05, 0.1) is 0 Å². The van der Waals surface area contributed by atoms with E-state index < -0.39 is 0 Å². The van der Waals surface area contributed by atoms with Crippen LogP contribution >= 0.6 is 0 Å². The molecule has 2 rings (SSSR count). The van der Waals surface area contributed by atoms with E-state index in [9.17, 15) is 5.11 Å². The van der Waals surface area contributed by atoms with Crippen LogP contribution in [0, 0.1) is 11.8 Å². The number of rotatable bonds is 0. The summed E-state index contributed by atoms with van der Waals surface area (Å²) < 4.78 is 0. The molecular weight excluding hydrogens is 138 g/mol. The monoisotopic (exact) mass is 151 g/mol. The van der Waals surface area contributed by atoms with Gasteiger partial charge in [-0.3, -0.25) is 0 Å². The fraction of sp³-hybridized carbons (Fsp3) is 0.556. The van der Waals surface area contributed by atoms with E-state index >= 15 is 0 Å². The first-order valence-electron chi connectivity index (χ1n) is 4.07. The molecule has 2 heteroatoms. The lowest BCUT2D eigenvalue weighted by Crippen LogP contribution is -2.15. The lowest BCUT2D eigenvalue weighted by molar-refractivity contribution is 0.406. The summed E-state index contributed by atoms with van der Waals surface area (Å²) in [5.74, 6) is 1.60. The first-order valence-corrected chi connectivity index (χ1v) is 4.07. The first-order chi connectivity index (χ1) is 5.27. The first kappa shape index (κ1) is 6.92. The normalized spacial score (nSPS) is 36.1. The second kappa shape index (κ2) is 2.38. The summed E-state index contributed by atoms with van der Waals surface area (Å²) >= 11 is 0. The third-order valence-electron chi connectivity index (χ3n) is 2.61. The number of fused-ring (bicyclic) bond motifs is 1. The summed E-state index contributed by atoms with van der Waals surface area (Å²) in [4.78, 5) is 0. The van der Waals surface area contributed by atoms with E-state index in [0.29, 0.717) is 17.6 Å². The van der Waals surface area contributed by atoms with Gasteiger partial charge in [-0.1, -0.05) is 5.57 Å². The van der Waals surface area contributed by atoms with Crippen LogP contribution in [-0.4, -0.2) is 18.2 Å². The average molecular weight is 151 g/mol. The number of aliphatic hydroxyl groups is 1. The molecule has 60 valence electrons. The second-order valence-corrected chi connectivity index (χ2v) is 3.41. The van der Waals surface area contributed by atoms with E-state index in [4.69, 9.17) is 0 Å². The van der Waals surface area contributed by atoms with Crippen LogP contribution in [0.2, 0.25) is 0 Å². The minimum atomic E-state index is 0.437. The molecule has 11 heavy (non-hydrogen) atoms. The highest BCUT2D eigenvalue weighted by molar-refractivity contribution is 5.27. The molecule has 1 aliphatic carbocycles. The summed E-state index contributed by atoms with van der Waals surface area (Å²) in [6, 6.07) is 0. The number of hydrogen-bond donors (Lipinski definition) is 2. The van der Waals surface area contributed by atoms with Crippen LogP contribution in [0.5, 0.6) is 0 Å². The van der Waals surface area contributed by atoms with Gasteiger partial charge in [0, 0.05) is 24.9 Å². The fourth-order valence-corrected chi connectivity index (χ4v) is 1.98. The Bertz CT molecular complexity index is 230. The maximum Gasteiger partial charge on any atom is 0.111 e. The Morgan fingerprint density at radius 2 is 2.36 bits per heavy atom. The van der Waals surface area contributed by atoms with Gasteiger partial charge >= 0.3 is 0 Å². The van der Waals surface area contributed by atoms with Gasteiger partial charge in [0.1, 0.15) is 5.76 Å². The molecule has 0 saturated carbocycles. The smallest absolute Gasteiger partial charge is 0.111 e. The van der Waals surface area contributed by atoms with Crippen molar-refractivity contribution in [2.75, 3.05) is 13.1 Å². The van der Waals surface area contributed by atoms with E-state index in [-0.39, 0.29) is 0 Å². The van der Waals surface area contributed by atoms with Crippen LogP contribution in [0.3, 0.4) is 0 Å². The Balaban J connectivity index is 2.28. The lowest BCUT2D eigenvalue weighted by Gasteiger charge is -2.20. The summed E-state index contributed by atoms with van der Waals surface area (Å²) in [5.41, 5.74) is 1.31. The standard InChI is InChI=1S/C9H13NO/c1-6-2-8(11)3-7-4-10-5-9(6)7/h2-3,7,9-11H,4-5H2,1H3. The maximum absolute atomic E-state index is 9.28. The third kappa shape index (κ3) is 1.07. The molecule has 1 heterocycles. The Kier molecular flexibility index (Phi) is 1.50. The largest absolute Gasteiger partial charge is 0.508 e. The van der Waals surface area contributed by atoms with Crippen molar-refractivity contribution < 1.29 is 5.11 Å². The fourth-order valence-electron chi connectivity index (χ4n) is 1.98. The Labute approximate surface area is 66.6 Å². The van der Waals surface area contributed by atoms with Crippen molar-refractivity contribution in [3.8, 4) is 0 Å². The van der Waals surface area contributed by atoms with Crippen molar-refractivity contribution >= 4 is 0 Å². The van der Waals surface area contributed by atoms with Crippen molar-refractivity contribution in [1.29, 1.82) is 0 Å². The molecule has 2 aliphatic rings. The Morgan fingerprint density at radius 3 is 3.18 bits per heavy atom. The molecule has 1 saturated heterocycles. The van der Waals surface area contributed by atoms with Gasteiger partial charge in [-0.05, 0) is 19.1 Å². The molecule has 0 radical (unpaired) electrons. The highest BCUT2D eigenvalue weighted by Gasteiger charge is 2.29. The van der Waals surface area contributed by atoms with Gasteiger partial charge in [0.25, 0.3) is 0 Å². The molecular formula is C9H13NO. The molecule has 2 unspecified atom stereocenters. The summed E-state index contributed by atoms with van der Waals surface area (Å²) in [5, 5.41) is 12.6. The highest BCUT2D eigenvalue weighted by atomic mass is 16.3. The van der Waals surface area contributed by atoms with Crippen molar-refractivity contribution in [1.82, 2.24) is 5.32 Å². The third-order valence-corrected chi connectivity index (χ3v) is 2.61. The van der Waals surface area contributed by atoms with Gasteiger partial charge in [0.2, 0.25) is 0 Å². The molecule has 0 aromatic carbocycles. The van der Waals surface area contributed by atoms with Crippen molar-refractivity contribution in [2.24, 2.45) is 11.8 Å². The summed E-state index contributed by atoms with van der Waals surface area (Å²) in [6.07, 6.45) is 3.83. The van der Waals surface area contributed by atoms with Crippen molar-refractivity contribution in [3.05, 3.63) is 23.5 Å². The van der Waals surface area contributed by atoms with Crippen molar-refractivity contribution in [3.63, 3.8) is 0 Å². The number of nitrogens with one attached hydrogen (secondary N) is 1. The van der Waals surface area contributed by atoms with Gasteiger partial charge in [-0.2, -0.15) is 0 Å². The Morgan fingerprint density at radius 1 is 1.55 bits per heavy atom. The lowest BCUT2D eigenvalue weighted by atomic mass is 9.85. The van der Waals surface area contributed by atoms with Crippen LogP contribution in [0.25, 0.3) is 0 Å². The highest BCUT2D eigenvalue weighted by Crippen LogP contribution is 2.30. The molecule has 1 fully saturated rings. The topological polar surface area (TPSA) is 32.3 Å².